The molecule has 16 heavy (non-hydrogen) atoms. The van der Waals surface area contributed by atoms with Crippen molar-refractivity contribution in [1.82, 2.24) is 15.5 Å². The second-order valence-corrected chi connectivity index (χ2v) is 4.46. The summed E-state index contributed by atoms with van der Waals surface area (Å²) in [7, 11) is 0. The molecule has 1 aliphatic rings. The number of H-pyrrole nitrogens is 1. The lowest BCUT2D eigenvalue weighted by atomic mass is 10.1. The smallest absolute Gasteiger partial charge is 0.256 e. The van der Waals surface area contributed by atoms with Crippen LogP contribution in [0.2, 0.25) is 0 Å². The monoisotopic (exact) mass is 222 g/mol. The topological polar surface area (TPSA) is 83.8 Å². The molecule has 0 radical (unpaired) electrons. The Labute approximate surface area is 94.8 Å². The van der Waals surface area contributed by atoms with Gasteiger partial charge in [-0.25, -0.2) is 0 Å². The first-order valence-corrected chi connectivity index (χ1v) is 5.80. The molecular formula is C11H18N4O. The molecule has 5 heteroatoms. The molecule has 88 valence electrons. The van der Waals surface area contributed by atoms with Crippen LogP contribution in [0.4, 0.5) is 5.82 Å². The lowest BCUT2D eigenvalue weighted by molar-refractivity contribution is 0.0933. The zero-order chi connectivity index (χ0) is 11.5. The number of amides is 1. The molecule has 5 nitrogen and oxygen atoms in total. The third-order valence-corrected chi connectivity index (χ3v) is 3.06. The number of carbonyl (C=O) groups excluding carboxylic acids is 1. The summed E-state index contributed by atoms with van der Waals surface area (Å²) in [5.74, 6) is 1.02. The first-order chi connectivity index (χ1) is 7.70. The number of rotatable bonds is 5. The summed E-state index contributed by atoms with van der Waals surface area (Å²) in [4.78, 5) is 11.8. The average molecular weight is 222 g/mol. The van der Waals surface area contributed by atoms with Crippen LogP contribution in [0.15, 0.2) is 6.20 Å². The molecule has 0 aromatic carbocycles. The van der Waals surface area contributed by atoms with Crippen LogP contribution < -0.4 is 11.1 Å². The molecule has 0 saturated heterocycles. The van der Waals surface area contributed by atoms with Crippen LogP contribution in [0, 0.1) is 5.92 Å². The number of nitrogens with one attached hydrogen (secondary N) is 2. The van der Waals surface area contributed by atoms with E-state index in [1.54, 1.807) is 0 Å². The minimum atomic E-state index is -0.126. The molecule has 1 heterocycles. The van der Waals surface area contributed by atoms with Crippen LogP contribution in [-0.4, -0.2) is 22.1 Å². The fraction of sp³-hybridized carbons (Fsp3) is 0.636. The minimum absolute atomic E-state index is 0.126. The van der Waals surface area contributed by atoms with Gasteiger partial charge < -0.3 is 11.1 Å². The van der Waals surface area contributed by atoms with E-state index in [0.29, 0.717) is 11.4 Å². The van der Waals surface area contributed by atoms with Crippen molar-refractivity contribution >= 4 is 11.7 Å². The molecule has 1 atom stereocenters. The maximum absolute atomic E-state index is 11.8. The Morgan fingerprint density at radius 3 is 3.00 bits per heavy atom. The summed E-state index contributed by atoms with van der Waals surface area (Å²) in [6, 6.07) is 0.259. The molecule has 1 aromatic rings. The Bertz CT molecular complexity index is 370. The predicted molar refractivity (Wildman–Crippen MR) is 61.9 cm³/mol. The van der Waals surface area contributed by atoms with E-state index in [9.17, 15) is 4.79 Å². The Kier molecular flexibility index (Phi) is 3.12. The fourth-order valence-electron chi connectivity index (χ4n) is 1.82. The van der Waals surface area contributed by atoms with Crippen LogP contribution in [0.25, 0.3) is 0 Å². The molecule has 1 aliphatic carbocycles. The summed E-state index contributed by atoms with van der Waals surface area (Å²) in [5, 5.41) is 9.30. The molecule has 1 amide bonds. The van der Waals surface area contributed by atoms with E-state index in [-0.39, 0.29) is 11.9 Å². The summed E-state index contributed by atoms with van der Waals surface area (Å²) in [5.41, 5.74) is 6.03. The molecule has 1 unspecified atom stereocenters. The second-order valence-electron chi connectivity index (χ2n) is 4.46. The van der Waals surface area contributed by atoms with Crippen LogP contribution >= 0.6 is 0 Å². The highest BCUT2D eigenvalue weighted by Gasteiger charge is 2.26. The van der Waals surface area contributed by atoms with Gasteiger partial charge in [-0.3, -0.25) is 9.89 Å². The zero-order valence-electron chi connectivity index (χ0n) is 9.49. The Morgan fingerprint density at radius 1 is 1.75 bits per heavy atom. The first kappa shape index (κ1) is 11.0. The molecule has 2 rings (SSSR count). The van der Waals surface area contributed by atoms with Crippen molar-refractivity contribution in [3.8, 4) is 0 Å². The molecule has 0 spiro atoms. The number of aromatic nitrogens is 2. The van der Waals surface area contributed by atoms with E-state index in [2.05, 4.69) is 22.4 Å². The van der Waals surface area contributed by atoms with E-state index >= 15 is 0 Å². The van der Waals surface area contributed by atoms with Crippen molar-refractivity contribution in [2.45, 2.75) is 38.6 Å². The molecule has 4 N–H and O–H groups in total. The van der Waals surface area contributed by atoms with Gasteiger partial charge >= 0.3 is 0 Å². The van der Waals surface area contributed by atoms with Gasteiger partial charge in [-0.2, -0.15) is 5.10 Å². The van der Waals surface area contributed by atoms with E-state index < -0.39 is 0 Å². The third kappa shape index (κ3) is 2.53. The van der Waals surface area contributed by atoms with Crippen LogP contribution in [-0.2, 0) is 0 Å². The van der Waals surface area contributed by atoms with Gasteiger partial charge in [-0.05, 0) is 18.8 Å². The number of aromatic amines is 1. The summed E-state index contributed by atoms with van der Waals surface area (Å²) in [6.07, 6.45) is 6.12. The first-order valence-electron chi connectivity index (χ1n) is 5.80. The average Bonchev–Trinajstić information content (AvgIpc) is 2.97. The Balaban J connectivity index is 1.91. The summed E-state index contributed by atoms with van der Waals surface area (Å²) < 4.78 is 0. The van der Waals surface area contributed by atoms with Gasteiger partial charge in [0.15, 0.2) is 0 Å². The number of nitrogens with zero attached hydrogens (tertiary/aromatic N) is 1. The lowest BCUT2D eigenvalue weighted by Gasteiger charge is -2.16. The fourth-order valence-corrected chi connectivity index (χ4v) is 1.82. The normalized spacial score (nSPS) is 17.1. The van der Waals surface area contributed by atoms with Gasteiger partial charge in [-0.1, -0.05) is 19.8 Å². The molecule has 0 bridgehead atoms. The molecule has 1 aromatic heterocycles. The SMILES string of the molecule is CCC(CC1CC1)NC(=O)c1cn[nH]c1N. The summed E-state index contributed by atoms with van der Waals surface area (Å²) >= 11 is 0. The van der Waals surface area contributed by atoms with Gasteiger partial charge in [0.1, 0.15) is 11.4 Å². The Hall–Kier alpha value is -1.52. The minimum Gasteiger partial charge on any atom is -0.383 e. The number of anilines is 1. The summed E-state index contributed by atoms with van der Waals surface area (Å²) in [6.45, 7) is 2.09. The van der Waals surface area contributed by atoms with E-state index in [1.807, 2.05) is 0 Å². The predicted octanol–water partition coefficient (Wildman–Crippen LogP) is 1.30. The molecular weight excluding hydrogens is 204 g/mol. The zero-order valence-corrected chi connectivity index (χ0v) is 9.49. The molecule has 1 fully saturated rings. The van der Waals surface area contributed by atoms with Gasteiger partial charge in [-0.15, -0.1) is 0 Å². The van der Waals surface area contributed by atoms with Gasteiger partial charge in [0, 0.05) is 6.04 Å². The maximum atomic E-state index is 11.8. The number of hydrogen-bond donors (Lipinski definition) is 3. The number of nitrogen functional groups attached to an aromatic ring is 1. The maximum Gasteiger partial charge on any atom is 0.256 e. The van der Waals surface area contributed by atoms with Crippen molar-refractivity contribution < 1.29 is 4.79 Å². The number of carbonyl (C=O) groups is 1. The molecule has 1 saturated carbocycles. The van der Waals surface area contributed by atoms with Crippen molar-refractivity contribution in [3.05, 3.63) is 11.8 Å². The second kappa shape index (κ2) is 4.55. The largest absolute Gasteiger partial charge is 0.383 e. The lowest BCUT2D eigenvalue weighted by Crippen LogP contribution is -2.34. The van der Waals surface area contributed by atoms with Crippen molar-refractivity contribution in [2.24, 2.45) is 5.92 Å². The van der Waals surface area contributed by atoms with Gasteiger partial charge in [0.2, 0.25) is 0 Å². The highest BCUT2D eigenvalue weighted by atomic mass is 16.1. The third-order valence-electron chi connectivity index (χ3n) is 3.06. The highest BCUT2D eigenvalue weighted by Crippen LogP contribution is 2.34. The van der Waals surface area contributed by atoms with Crippen LogP contribution in [0.5, 0.6) is 0 Å². The van der Waals surface area contributed by atoms with Crippen molar-refractivity contribution in [2.75, 3.05) is 5.73 Å². The molecule has 0 aliphatic heterocycles. The van der Waals surface area contributed by atoms with Crippen molar-refractivity contribution in [1.29, 1.82) is 0 Å². The highest BCUT2D eigenvalue weighted by molar-refractivity contribution is 5.98. The van der Waals surface area contributed by atoms with Gasteiger partial charge in [0.05, 0.1) is 6.20 Å². The van der Waals surface area contributed by atoms with Crippen molar-refractivity contribution in [3.63, 3.8) is 0 Å². The standard InChI is InChI=1S/C11H18N4O/c1-2-8(5-7-3-4-7)14-11(16)9-6-13-15-10(9)12/h6-8H,2-5H2,1H3,(H,14,16)(H3,12,13,15). The Morgan fingerprint density at radius 2 is 2.50 bits per heavy atom. The van der Waals surface area contributed by atoms with Crippen LogP contribution in [0.3, 0.4) is 0 Å². The quantitative estimate of drug-likeness (QED) is 0.702. The van der Waals surface area contributed by atoms with E-state index in [0.717, 1.165) is 18.8 Å². The number of hydrogen-bond acceptors (Lipinski definition) is 3. The van der Waals surface area contributed by atoms with Gasteiger partial charge in [0.25, 0.3) is 5.91 Å². The number of nitrogens with two attached hydrogens (primary N) is 1. The van der Waals surface area contributed by atoms with E-state index in [1.165, 1.54) is 19.0 Å². The van der Waals surface area contributed by atoms with E-state index in [4.69, 9.17) is 5.73 Å². The van der Waals surface area contributed by atoms with Crippen LogP contribution in [0.1, 0.15) is 43.0 Å².